The average molecular weight is 373 g/mol. The largest absolute Gasteiger partial charge is 0.507 e. The number of aliphatic hydroxyl groups is 1. The van der Waals surface area contributed by atoms with Crippen molar-refractivity contribution in [3.05, 3.63) is 41.7 Å². The zero-order valence-electron chi connectivity index (χ0n) is 13.8. The van der Waals surface area contributed by atoms with Gasteiger partial charge in [-0.05, 0) is 24.3 Å². The molecule has 1 aliphatic rings. The van der Waals surface area contributed by atoms with Crippen LogP contribution in [0.1, 0.15) is 6.42 Å². The van der Waals surface area contributed by atoms with Gasteiger partial charge in [0.15, 0.2) is 5.82 Å². The fourth-order valence-corrected chi connectivity index (χ4v) is 3.18. The van der Waals surface area contributed by atoms with Crippen LogP contribution in [0.15, 0.2) is 36.7 Å². The van der Waals surface area contributed by atoms with Crippen molar-refractivity contribution in [3.63, 3.8) is 0 Å². The Balaban J connectivity index is 1.73. The molecule has 0 aliphatic carbocycles. The summed E-state index contributed by atoms with van der Waals surface area (Å²) in [6, 6.07) is 6.67. The van der Waals surface area contributed by atoms with E-state index in [2.05, 4.69) is 20.5 Å². The van der Waals surface area contributed by atoms with Gasteiger partial charge in [-0.1, -0.05) is 11.6 Å². The quantitative estimate of drug-likeness (QED) is 0.647. The fourth-order valence-electron chi connectivity index (χ4n) is 3.02. The lowest BCUT2D eigenvalue weighted by molar-refractivity contribution is 0.0381. The van der Waals surface area contributed by atoms with Crippen LogP contribution in [-0.2, 0) is 4.74 Å². The van der Waals surface area contributed by atoms with Gasteiger partial charge in [0.1, 0.15) is 17.0 Å². The molecule has 4 rings (SSSR count). The molecule has 3 aromatic rings. The highest BCUT2D eigenvalue weighted by Crippen LogP contribution is 2.35. The second-order valence-electron chi connectivity index (χ2n) is 6.36. The predicted molar refractivity (Wildman–Crippen MR) is 98.3 cm³/mol. The molecular weight excluding hydrogens is 356 g/mol. The molecule has 0 bridgehead atoms. The number of rotatable bonds is 4. The van der Waals surface area contributed by atoms with Gasteiger partial charge in [0, 0.05) is 53.3 Å². The summed E-state index contributed by atoms with van der Waals surface area (Å²) < 4.78 is 5.26. The Morgan fingerprint density at radius 2 is 2.12 bits per heavy atom. The van der Waals surface area contributed by atoms with E-state index >= 15 is 0 Å². The minimum atomic E-state index is -0.913. The Morgan fingerprint density at radius 3 is 2.88 bits per heavy atom. The first-order chi connectivity index (χ1) is 12.6. The van der Waals surface area contributed by atoms with E-state index in [0.29, 0.717) is 48.3 Å². The van der Waals surface area contributed by atoms with Crippen LogP contribution >= 0.6 is 11.6 Å². The summed E-state index contributed by atoms with van der Waals surface area (Å²) in [5.41, 5.74) is 0.154. The molecule has 0 unspecified atom stereocenters. The smallest absolute Gasteiger partial charge is 0.158 e. The molecule has 2 aromatic heterocycles. The van der Waals surface area contributed by atoms with Crippen LogP contribution in [0.25, 0.3) is 22.0 Å². The summed E-state index contributed by atoms with van der Waals surface area (Å²) in [6.07, 6.45) is 3.90. The van der Waals surface area contributed by atoms with E-state index < -0.39 is 5.60 Å². The van der Waals surface area contributed by atoms with Gasteiger partial charge in [-0.3, -0.25) is 4.98 Å². The maximum absolute atomic E-state index is 10.4. The van der Waals surface area contributed by atoms with E-state index in [1.807, 2.05) is 6.07 Å². The highest BCUT2D eigenvalue weighted by Gasteiger charge is 2.32. The molecule has 1 fully saturated rings. The van der Waals surface area contributed by atoms with E-state index in [-0.39, 0.29) is 5.75 Å². The SMILES string of the molecule is Oc1cc(Cl)ccc1-c1nnc(NC[C@]2(O)CCOC2)c2cnccc12. The monoisotopic (exact) mass is 372 g/mol. The number of hydrogen-bond donors (Lipinski definition) is 3. The molecule has 0 amide bonds. The maximum atomic E-state index is 10.4. The van der Waals surface area contributed by atoms with Crippen molar-refractivity contribution < 1.29 is 14.9 Å². The number of phenolic OH excluding ortho intramolecular Hbond substituents is 1. The van der Waals surface area contributed by atoms with Crippen molar-refractivity contribution in [3.8, 4) is 17.0 Å². The van der Waals surface area contributed by atoms with E-state index in [1.165, 1.54) is 6.07 Å². The molecule has 3 N–H and O–H groups in total. The zero-order chi connectivity index (χ0) is 18.1. The van der Waals surface area contributed by atoms with Crippen LogP contribution in [0.5, 0.6) is 5.75 Å². The first-order valence-electron chi connectivity index (χ1n) is 8.19. The second-order valence-corrected chi connectivity index (χ2v) is 6.80. The van der Waals surface area contributed by atoms with Crippen molar-refractivity contribution >= 4 is 28.2 Å². The van der Waals surface area contributed by atoms with Gasteiger partial charge in [0.05, 0.1) is 6.61 Å². The zero-order valence-corrected chi connectivity index (χ0v) is 14.6. The van der Waals surface area contributed by atoms with Crippen LogP contribution in [-0.4, -0.2) is 50.8 Å². The summed E-state index contributed by atoms with van der Waals surface area (Å²) >= 11 is 5.91. The number of nitrogens with zero attached hydrogens (tertiary/aromatic N) is 3. The molecule has 8 heteroatoms. The average Bonchev–Trinajstić information content (AvgIpc) is 3.07. The fraction of sp³-hybridized carbons (Fsp3) is 0.278. The summed E-state index contributed by atoms with van der Waals surface area (Å²) in [7, 11) is 0. The normalized spacial score (nSPS) is 19.8. The number of aromatic nitrogens is 3. The van der Waals surface area contributed by atoms with Crippen molar-refractivity contribution in [1.82, 2.24) is 15.2 Å². The number of fused-ring (bicyclic) bond motifs is 1. The molecular formula is C18H17ClN4O3. The molecule has 1 aromatic carbocycles. The number of phenols is 1. The van der Waals surface area contributed by atoms with Gasteiger partial charge in [0.25, 0.3) is 0 Å². The molecule has 3 heterocycles. The summed E-state index contributed by atoms with van der Waals surface area (Å²) in [5.74, 6) is 0.550. The molecule has 7 nitrogen and oxygen atoms in total. The third-order valence-electron chi connectivity index (χ3n) is 4.46. The van der Waals surface area contributed by atoms with Crippen molar-refractivity contribution in [2.24, 2.45) is 0 Å². The van der Waals surface area contributed by atoms with E-state index in [0.717, 1.165) is 10.8 Å². The Kier molecular flexibility index (Phi) is 4.36. The Hall–Kier alpha value is -2.48. The Morgan fingerprint density at radius 1 is 1.23 bits per heavy atom. The number of ether oxygens (including phenoxy) is 1. The predicted octanol–water partition coefficient (Wildman–Crippen LogP) is 2.61. The first-order valence-corrected chi connectivity index (χ1v) is 8.57. The van der Waals surface area contributed by atoms with Gasteiger partial charge in [-0.15, -0.1) is 10.2 Å². The minimum absolute atomic E-state index is 0.0306. The number of pyridine rings is 1. The van der Waals surface area contributed by atoms with Crippen molar-refractivity contribution in [2.45, 2.75) is 12.0 Å². The van der Waals surface area contributed by atoms with Crippen molar-refractivity contribution in [1.29, 1.82) is 0 Å². The van der Waals surface area contributed by atoms with E-state index in [9.17, 15) is 10.2 Å². The standard InChI is InChI=1S/C18H17ClN4O3/c19-11-1-2-13(15(24)7-11)16-12-3-5-20-8-14(12)17(23-22-16)21-9-18(25)4-6-26-10-18/h1-3,5,7-8,24-25H,4,6,9-10H2,(H,21,23)/t18-/m1/s1. The van der Waals surface area contributed by atoms with Gasteiger partial charge in [-0.2, -0.15) is 0 Å². The summed E-state index contributed by atoms with van der Waals surface area (Å²) in [4.78, 5) is 4.16. The maximum Gasteiger partial charge on any atom is 0.158 e. The molecule has 134 valence electrons. The highest BCUT2D eigenvalue weighted by atomic mass is 35.5. The summed E-state index contributed by atoms with van der Waals surface area (Å²) in [6.45, 7) is 1.14. The molecule has 1 saturated heterocycles. The number of aromatic hydroxyl groups is 1. The van der Waals surface area contributed by atoms with Gasteiger partial charge < -0.3 is 20.3 Å². The lowest BCUT2D eigenvalue weighted by Gasteiger charge is -2.21. The van der Waals surface area contributed by atoms with Gasteiger partial charge >= 0.3 is 0 Å². The van der Waals surface area contributed by atoms with Crippen LogP contribution in [0.4, 0.5) is 5.82 Å². The topological polar surface area (TPSA) is 100 Å². The Labute approximate surface area is 154 Å². The van der Waals surface area contributed by atoms with E-state index in [1.54, 1.807) is 24.5 Å². The number of halogens is 1. The lowest BCUT2D eigenvalue weighted by atomic mass is 10.0. The highest BCUT2D eigenvalue weighted by molar-refractivity contribution is 6.30. The molecule has 1 aliphatic heterocycles. The summed E-state index contributed by atoms with van der Waals surface area (Å²) in [5, 5.41) is 34.3. The Bertz CT molecular complexity index is 960. The third-order valence-corrected chi connectivity index (χ3v) is 4.70. The number of benzene rings is 1. The molecule has 0 spiro atoms. The third kappa shape index (κ3) is 3.16. The second kappa shape index (κ2) is 6.68. The van der Waals surface area contributed by atoms with Crippen LogP contribution < -0.4 is 5.32 Å². The molecule has 0 radical (unpaired) electrons. The van der Waals surface area contributed by atoms with Gasteiger partial charge in [0.2, 0.25) is 0 Å². The van der Waals surface area contributed by atoms with Crippen LogP contribution in [0.2, 0.25) is 5.02 Å². The van der Waals surface area contributed by atoms with E-state index in [4.69, 9.17) is 16.3 Å². The van der Waals surface area contributed by atoms with Gasteiger partial charge in [-0.25, -0.2) is 0 Å². The first kappa shape index (κ1) is 17.0. The molecule has 26 heavy (non-hydrogen) atoms. The van der Waals surface area contributed by atoms with Crippen LogP contribution in [0, 0.1) is 0 Å². The lowest BCUT2D eigenvalue weighted by Crippen LogP contribution is -2.37. The molecule has 1 atom stereocenters. The van der Waals surface area contributed by atoms with Crippen molar-refractivity contribution in [2.75, 3.05) is 25.1 Å². The number of anilines is 1. The molecule has 0 saturated carbocycles. The minimum Gasteiger partial charge on any atom is -0.507 e. The number of hydrogen-bond acceptors (Lipinski definition) is 7. The van der Waals surface area contributed by atoms with Crippen LogP contribution in [0.3, 0.4) is 0 Å². The number of nitrogens with one attached hydrogen (secondary N) is 1.